The largest absolute Gasteiger partial charge is 0.300 e. The van der Waals surface area contributed by atoms with Gasteiger partial charge in [-0.05, 0) is 51.6 Å². The number of sulfonamides is 1. The number of aromatic nitrogens is 2. The highest BCUT2D eigenvalue weighted by Gasteiger charge is 2.24. The number of nitrogens with one attached hydrogen (secondary N) is 1. The topological polar surface area (TPSA) is 67.2 Å². The highest BCUT2D eigenvalue weighted by molar-refractivity contribution is 7.89. The summed E-state index contributed by atoms with van der Waals surface area (Å²) >= 11 is 0. The van der Waals surface area contributed by atoms with Crippen LogP contribution in [0.1, 0.15) is 59.4 Å². The van der Waals surface area contributed by atoms with Crippen molar-refractivity contribution in [2.75, 3.05) is 19.6 Å². The van der Waals surface area contributed by atoms with E-state index >= 15 is 0 Å². The van der Waals surface area contributed by atoms with E-state index in [1.807, 2.05) is 13.8 Å². The second-order valence-electron chi connectivity index (χ2n) is 7.43. The lowest BCUT2D eigenvalue weighted by molar-refractivity contribution is 0.126. The van der Waals surface area contributed by atoms with Gasteiger partial charge in [-0.1, -0.05) is 20.3 Å². The van der Waals surface area contributed by atoms with Crippen LogP contribution < -0.4 is 4.72 Å². The summed E-state index contributed by atoms with van der Waals surface area (Å²) in [4.78, 5) is 2.53. The molecule has 0 bridgehead atoms. The van der Waals surface area contributed by atoms with E-state index in [1.54, 1.807) is 16.9 Å². The number of piperidine rings is 1. The van der Waals surface area contributed by atoms with Crippen LogP contribution in [0.4, 0.5) is 0 Å². The molecule has 1 aromatic heterocycles. The molecule has 1 atom stereocenters. The fraction of sp³-hybridized carbons (Fsp3) is 0.824. The molecule has 0 amide bonds. The monoisotopic (exact) mass is 356 g/mol. The predicted molar refractivity (Wildman–Crippen MR) is 96.5 cm³/mol. The number of hydrogen-bond donors (Lipinski definition) is 1. The summed E-state index contributed by atoms with van der Waals surface area (Å²) < 4.78 is 29.4. The highest BCUT2D eigenvalue weighted by atomic mass is 32.2. The van der Waals surface area contributed by atoms with Crippen molar-refractivity contribution < 1.29 is 8.42 Å². The molecule has 1 N–H and O–H groups in total. The molecule has 2 heterocycles. The van der Waals surface area contributed by atoms with E-state index in [1.165, 1.54) is 19.3 Å². The number of rotatable bonds is 8. The van der Waals surface area contributed by atoms with E-state index in [-0.39, 0.29) is 11.1 Å². The lowest BCUT2D eigenvalue weighted by atomic mass is 9.98. The van der Waals surface area contributed by atoms with Crippen LogP contribution in [0.15, 0.2) is 17.3 Å². The quantitative estimate of drug-likeness (QED) is 0.777. The van der Waals surface area contributed by atoms with Crippen LogP contribution in [0.3, 0.4) is 0 Å². The average Bonchev–Trinajstić information content (AvgIpc) is 2.99. The van der Waals surface area contributed by atoms with E-state index in [0.29, 0.717) is 18.5 Å². The third kappa shape index (κ3) is 5.04. The Hall–Kier alpha value is -0.920. The van der Waals surface area contributed by atoms with Gasteiger partial charge in [0.05, 0.1) is 6.20 Å². The fourth-order valence-corrected chi connectivity index (χ4v) is 4.71. The second-order valence-corrected chi connectivity index (χ2v) is 9.15. The van der Waals surface area contributed by atoms with Gasteiger partial charge in [-0.25, -0.2) is 13.1 Å². The lowest BCUT2D eigenvalue weighted by Crippen LogP contribution is -2.43. The first-order valence-corrected chi connectivity index (χ1v) is 10.6. The van der Waals surface area contributed by atoms with Gasteiger partial charge in [0.15, 0.2) is 5.03 Å². The maximum absolute atomic E-state index is 12.5. The molecule has 0 radical (unpaired) electrons. The lowest BCUT2D eigenvalue weighted by Gasteiger charge is -2.37. The zero-order valence-corrected chi connectivity index (χ0v) is 16.2. The summed E-state index contributed by atoms with van der Waals surface area (Å²) in [6.45, 7) is 11.0. The molecule has 0 aliphatic carbocycles. The first-order valence-electron chi connectivity index (χ1n) is 9.08. The third-order valence-electron chi connectivity index (χ3n) is 4.52. The van der Waals surface area contributed by atoms with E-state index in [0.717, 1.165) is 19.5 Å². The highest BCUT2D eigenvalue weighted by Crippen LogP contribution is 2.21. The molecule has 1 aromatic rings. The van der Waals surface area contributed by atoms with E-state index in [2.05, 4.69) is 28.6 Å². The van der Waals surface area contributed by atoms with Crippen LogP contribution >= 0.6 is 0 Å². The molecule has 1 unspecified atom stereocenters. The standard InChI is InChI=1S/C17H32N4O2S/c1-14(2)13-20-12-6-5-7-16(20)8-11-19-24(22,23)17-9-10-18-21(17)15(3)4/h9-10,14-16,19H,5-8,11-13H2,1-4H3. The van der Waals surface area contributed by atoms with Gasteiger partial charge in [0.2, 0.25) is 0 Å². The molecule has 1 aliphatic heterocycles. The normalized spacial score (nSPS) is 20.2. The zero-order valence-electron chi connectivity index (χ0n) is 15.4. The Morgan fingerprint density at radius 1 is 1.29 bits per heavy atom. The van der Waals surface area contributed by atoms with Gasteiger partial charge < -0.3 is 4.90 Å². The fourth-order valence-electron chi connectivity index (χ4n) is 3.43. The summed E-state index contributed by atoms with van der Waals surface area (Å²) in [7, 11) is -3.50. The molecule has 24 heavy (non-hydrogen) atoms. The predicted octanol–water partition coefficient (Wildman–Crippen LogP) is 2.64. The van der Waals surface area contributed by atoms with Crippen molar-refractivity contribution in [2.24, 2.45) is 5.92 Å². The van der Waals surface area contributed by atoms with Gasteiger partial charge >= 0.3 is 0 Å². The molecule has 1 saturated heterocycles. The molecule has 6 nitrogen and oxygen atoms in total. The van der Waals surface area contributed by atoms with Crippen molar-refractivity contribution in [3.05, 3.63) is 12.3 Å². The van der Waals surface area contributed by atoms with Crippen LogP contribution in [0, 0.1) is 5.92 Å². The van der Waals surface area contributed by atoms with Gasteiger partial charge in [-0.3, -0.25) is 4.68 Å². The first-order chi connectivity index (χ1) is 11.3. The van der Waals surface area contributed by atoms with Crippen LogP contribution in [0.5, 0.6) is 0 Å². The van der Waals surface area contributed by atoms with Crippen molar-refractivity contribution in [3.63, 3.8) is 0 Å². The molecule has 1 aliphatic rings. The summed E-state index contributed by atoms with van der Waals surface area (Å²) in [5.74, 6) is 0.641. The van der Waals surface area contributed by atoms with Gasteiger partial charge in [-0.15, -0.1) is 0 Å². The molecular formula is C17H32N4O2S. The van der Waals surface area contributed by atoms with Crippen molar-refractivity contribution >= 4 is 10.0 Å². The third-order valence-corrected chi connectivity index (χ3v) is 5.97. The Balaban J connectivity index is 1.93. The Morgan fingerprint density at radius 3 is 2.71 bits per heavy atom. The van der Waals surface area contributed by atoms with Crippen molar-refractivity contribution in [1.29, 1.82) is 0 Å². The molecule has 138 valence electrons. The van der Waals surface area contributed by atoms with Crippen molar-refractivity contribution in [3.8, 4) is 0 Å². The molecule has 2 rings (SSSR count). The molecule has 7 heteroatoms. The Kier molecular flexibility index (Phi) is 6.83. The number of likely N-dealkylation sites (tertiary alicyclic amines) is 1. The molecule has 1 fully saturated rings. The Morgan fingerprint density at radius 2 is 2.04 bits per heavy atom. The summed E-state index contributed by atoms with van der Waals surface area (Å²) in [6, 6.07) is 2.07. The minimum Gasteiger partial charge on any atom is -0.300 e. The first kappa shape index (κ1) is 19.4. The zero-order chi connectivity index (χ0) is 17.7. The number of hydrogen-bond acceptors (Lipinski definition) is 4. The Bertz CT molecular complexity index is 610. The van der Waals surface area contributed by atoms with Crippen LogP contribution in [-0.4, -0.2) is 48.8 Å². The van der Waals surface area contributed by atoms with Gasteiger partial charge in [-0.2, -0.15) is 5.10 Å². The van der Waals surface area contributed by atoms with Gasteiger partial charge in [0, 0.05) is 25.2 Å². The van der Waals surface area contributed by atoms with Crippen molar-refractivity contribution in [2.45, 2.75) is 70.5 Å². The maximum atomic E-state index is 12.5. The molecule has 0 aromatic carbocycles. The molecular weight excluding hydrogens is 324 g/mol. The van der Waals surface area contributed by atoms with Gasteiger partial charge in [0.1, 0.15) is 0 Å². The van der Waals surface area contributed by atoms with E-state index in [4.69, 9.17) is 0 Å². The van der Waals surface area contributed by atoms with E-state index < -0.39 is 10.0 Å². The van der Waals surface area contributed by atoms with Crippen LogP contribution in [0.2, 0.25) is 0 Å². The van der Waals surface area contributed by atoms with Crippen LogP contribution in [-0.2, 0) is 10.0 Å². The molecule has 0 saturated carbocycles. The smallest absolute Gasteiger partial charge is 0.257 e. The average molecular weight is 357 g/mol. The SMILES string of the molecule is CC(C)CN1CCCCC1CCNS(=O)(=O)c1ccnn1C(C)C. The summed E-state index contributed by atoms with van der Waals surface area (Å²) in [5, 5.41) is 4.36. The minimum absolute atomic E-state index is 0.0199. The summed E-state index contributed by atoms with van der Waals surface area (Å²) in [6.07, 6.45) is 6.06. The number of nitrogens with zero attached hydrogens (tertiary/aromatic N) is 3. The second kappa shape index (κ2) is 8.45. The summed E-state index contributed by atoms with van der Waals surface area (Å²) in [5.41, 5.74) is 0. The van der Waals surface area contributed by atoms with Gasteiger partial charge in [0.25, 0.3) is 10.0 Å². The minimum atomic E-state index is -3.50. The van der Waals surface area contributed by atoms with E-state index in [9.17, 15) is 8.42 Å². The molecule has 0 spiro atoms. The Labute approximate surface area is 146 Å². The van der Waals surface area contributed by atoms with Crippen molar-refractivity contribution in [1.82, 2.24) is 19.4 Å². The van der Waals surface area contributed by atoms with Crippen LogP contribution in [0.25, 0.3) is 0 Å². The maximum Gasteiger partial charge on any atom is 0.257 e.